The van der Waals surface area contributed by atoms with Crippen LogP contribution in [0.2, 0.25) is 0 Å². The maximum absolute atomic E-state index is 13.1. The number of aliphatic hydroxyl groups is 2. The van der Waals surface area contributed by atoms with Gasteiger partial charge in [-0.15, -0.1) is 0 Å². The summed E-state index contributed by atoms with van der Waals surface area (Å²) in [7, 11) is 0. The Morgan fingerprint density at radius 3 is 2.59 bits per heavy atom. The lowest BCUT2D eigenvalue weighted by Crippen LogP contribution is -2.55. The Morgan fingerprint density at radius 1 is 1.19 bits per heavy atom. The predicted octanol–water partition coefficient (Wildman–Crippen LogP) is 2.00. The molecule has 5 atom stereocenters. The van der Waals surface area contributed by atoms with E-state index in [9.17, 15) is 15.0 Å². The van der Waals surface area contributed by atoms with Gasteiger partial charge in [-0.2, -0.15) is 0 Å². The fraction of sp³-hybridized carbons (Fsp3) is 0.600. The van der Waals surface area contributed by atoms with Crippen LogP contribution in [0.3, 0.4) is 0 Å². The molecule has 0 aromatic heterocycles. The highest BCUT2D eigenvalue weighted by Crippen LogP contribution is 2.42. The van der Waals surface area contributed by atoms with Crippen molar-refractivity contribution in [3.8, 4) is 0 Å². The van der Waals surface area contributed by atoms with Gasteiger partial charge in [-0.05, 0) is 44.7 Å². The van der Waals surface area contributed by atoms with Gasteiger partial charge in [0.1, 0.15) is 6.10 Å². The molecule has 0 spiro atoms. The maximum Gasteiger partial charge on any atom is 0.226 e. The minimum absolute atomic E-state index is 0.106. The molecule has 1 aromatic rings. The number of nitrogens with one attached hydrogen (secondary N) is 1. The zero-order valence-electron chi connectivity index (χ0n) is 15.5. The summed E-state index contributed by atoms with van der Waals surface area (Å²) >= 11 is 1.52. The van der Waals surface area contributed by atoms with Gasteiger partial charge in [-0.3, -0.25) is 9.79 Å². The first-order valence-corrected chi connectivity index (χ1v) is 10.6. The number of carbonyl (C=O) groups excluding carboxylic acids is 1. The molecule has 3 N–H and O–H groups in total. The largest absolute Gasteiger partial charge is 0.390 e. The number of rotatable bonds is 2. The standard InChI is InChI=1S/C20H27N3O3S/c1-12-5-7-13(8-6-12)21-20-22-16-17(25)15(24)11-14(18(16)27-20)19(26)23-9-3-2-4-10-23/h5-8,14-18,24-25H,2-4,9-11H2,1H3,(H,21,22)/t14-,15+,16-,17-,18+/m0/s1. The normalized spacial score (nSPS) is 33.4. The summed E-state index contributed by atoms with van der Waals surface area (Å²) in [6.45, 7) is 3.63. The highest BCUT2D eigenvalue weighted by Gasteiger charge is 2.51. The molecule has 1 aliphatic carbocycles. The van der Waals surface area contributed by atoms with E-state index in [0.29, 0.717) is 11.6 Å². The Kier molecular flexibility index (Phi) is 5.43. The molecule has 2 aliphatic heterocycles. The first-order chi connectivity index (χ1) is 13.0. The number of likely N-dealkylation sites (tertiary alicyclic amines) is 1. The van der Waals surface area contributed by atoms with E-state index >= 15 is 0 Å². The summed E-state index contributed by atoms with van der Waals surface area (Å²) in [6.07, 6.45) is 1.73. The molecule has 146 valence electrons. The Hall–Kier alpha value is -1.57. The second-order valence-corrected chi connectivity index (χ2v) is 8.95. The molecule has 2 fully saturated rings. The molecule has 1 saturated heterocycles. The Bertz CT molecular complexity index is 718. The number of nitrogens with zero attached hydrogens (tertiary/aromatic N) is 2. The van der Waals surface area contributed by atoms with Crippen LogP contribution in [0.4, 0.5) is 5.69 Å². The van der Waals surface area contributed by atoms with Crippen molar-refractivity contribution in [1.29, 1.82) is 0 Å². The number of thioether (sulfide) groups is 1. The number of aliphatic hydroxyl groups excluding tert-OH is 2. The number of amides is 1. The van der Waals surface area contributed by atoms with Crippen molar-refractivity contribution in [1.82, 2.24) is 4.90 Å². The summed E-state index contributed by atoms with van der Waals surface area (Å²) in [5.74, 6) is -0.201. The van der Waals surface area contributed by atoms with Crippen LogP contribution < -0.4 is 5.32 Å². The number of aliphatic imine (C=N–C) groups is 1. The van der Waals surface area contributed by atoms with Crippen molar-refractivity contribution in [3.63, 3.8) is 0 Å². The fourth-order valence-corrected chi connectivity index (χ4v) is 5.57. The number of amidine groups is 1. The monoisotopic (exact) mass is 389 g/mol. The fourth-order valence-electron chi connectivity index (χ4n) is 4.20. The summed E-state index contributed by atoms with van der Waals surface area (Å²) in [6, 6.07) is 7.57. The SMILES string of the molecule is Cc1ccc(NC2=N[C@H]3[C@@H](O)[C@H](O)C[C@H](C(=O)N4CCCCC4)[C@H]3S2)cc1. The van der Waals surface area contributed by atoms with Crippen LogP contribution in [0.25, 0.3) is 0 Å². The number of benzene rings is 1. The van der Waals surface area contributed by atoms with E-state index in [1.807, 2.05) is 36.1 Å². The molecule has 0 unspecified atom stereocenters. The quantitative estimate of drug-likeness (QED) is 0.720. The number of fused-ring (bicyclic) bond motifs is 1. The van der Waals surface area contributed by atoms with Crippen molar-refractivity contribution < 1.29 is 15.0 Å². The van der Waals surface area contributed by atoms with E-state index in [1.54, 1.807) is 0 Å². The van der Waals surface area contributed by atoms with E-state index in [-0.39, 0.29) is 17.1 Å². The third-order valence-corrected chi connectivity index (χ3v) is 7.08. The molecule has 0 radical (unpaired) electrons. The van der Waals surface area contributed by atoms with Gasteiger partial charge in [0.25, 0.3) is 0 Å². The molecule has 2 heterocycles. The van der Waals surface area contributed by atoms with E-state index in [2.05, 4.69) is 10.3 Å². The maximum atomic E-state index is 13.1. The van der Waals surface area contributed by atoms with Gasteiger partial charge >= 0.3 is 0 Å². The minimum atomic E-state index is -0.926. The van der Waals surface area contributed by atoms with Crippen LogP contribution in [0.15, 0.2) is 29.3 Å². The number of aryl methyl sites for hydroxylation is 1. The first-order valence-electron chi connectivity index (χ1n) is 9.76. The summed E-state index contributed by atoms with van der Waals surface area (Å²) < 4.78 is 0. The Balaban J connectivity index is 1.50. The van der Waals surface area contributed by atoms with Crippen molar-refractivity contribution >= 4 is 28.5 Å². The lowest BCUT2D eigenvalue weighted by Gasteiger charge is -2.40. The average Bonchev–Trinajstić information content (AvgIpc) is 3.10. The molecule has 7 heteroatoms. The molecule has 1 aromatic carbocycles. The van der Waals surface area contributed by atoms with Crippen LogP contribution in [-0.2, 0) is 4.79 Å². The molecule has 1 amide bonds. The minimum Gasteiger partial charge on any atom is -0.390 e. The highest BCUT2D eigenvalue weighted by atomic mass is 32.2. The van der Waals surface area contributed by atoms with Crippen molar-refractivity contribution in [2.75, 3.05) is 18.4 Å². The second kappa shape index (κ2) is 7.81. The molecular weight excluding hydrogens is 362 g/mol. The zero-order chi connectivity index (χ0) is 19.0. The van der Waals surface area contributed by atoms with Gasteiger partial charge in [0.05, 0.1) is 18.1 Å². The predicted molar refractivity (Wildman–Crippen MR) is 108 cm³/mol. The lowest BCUT2D eigenvalue weighted by molar-refractivity contribution is -0.141. The molecule has 3 aliphatic rings. The zero-order valence-corrected chi connectivity index (χ0v) is 16.4. The molecule has 0 bridgehead atoms. The Morgan fingerprint density at radius 2 is 1.89 bits per heavy atom. The molecule has 6 nitrogen and oxygen atoms in total. The van der Waals surface area contributed by atoms with Crippen LogP contribution in [0.1, 0.15) is 31.2 Å². The van der Waals surface area contributed by atoms with E-state index in [0.717, 1.165) is 31.6 Å². The van der Waals surface area contributed by atoms with Crippen LogP contribution in [-0.4, -0.2) is 62.8 Å². The third kappa shape index (κ3) is 3.86. The summed E-state index contributed by atoms with van der Waals surface area (Å²) in [5.41, 5.74) is 2.11. The van der Waals surface area contributed by atoms with Crippen molar-refractivity contribution in [2.45, 2.75) is 56.1 Å². The van der Waals surface area contributed by atoms with Gasteiger partial charge in [0.15, 0.2) is 5.17 Å². The van der Waals surface area contributed by atoms with Gasteiger partial charge in [-0.1, -0.05) is 29.5 Å². The third-order valence-electron chi connectivity index (χ3n) is 5.77. The number of piperidine rings is 1. The molecule has 1 saturated carbocycles. The molecular formula is C20H27N3O3S. The van der Waals surface area contributed by atoms with Gasteiger partial charge in [0, 0.05) is 24.0 Å². The van der Waals surface area contributed by atoms with Crippen LogP contribution in [0.5, 0.6) is 0 Å². The number of anilines is 1. The Labute approximate surface area is 164 Å². The van der Waals surface area contributed by atoms with Crippen LogP contribution >= 0.6 is 11.8 Å². The first kappa shape index (κ1) is 18.8. The van der Waals surface area contributed by atoms with Gasteiger partial charge in [0.2, 0.25) is 5.91 Å². The molecule has 27 heavy (non-hydrogen) atoms. The number of hydrogen-bond donors (Lipinski definition) is 3. The number of carbonyl (C=O) groups is 1. The number of hydrogen-bond acceptors (Lipinski definition) is 6. The van der Waals surface area contributed by atoms with Crippen molar-refractivity contribution in [3.05, 3.63) is 29.8 Å². The van der Waals surface area contributed by atoms with E-state index in [1.165, 1.54) is 23.7 Å². The van der Waals surface area contributed by atoms with Gasteiger partial charge in [-0.25, -0.2) is 0 Å². The van der Waals surface area contributed by atoms with Crippen LogP contribution in [0, 0.1) is 12.8 Å². The average molecular weight is 390 g/mol. The van der Waals surface area contributed by atoms with E-state index in [4.69, 9.17) is 0 Å². The topological polar surface area (TPSA) is 85.2 Å². The second-order valence-electron chi connectivity index (χ2n) is 7.78. The summed E-state index contributed by atoms with van der Waals surface area (Å²) in [5, 5.41) is 24.7. The van der Waals surface area contributed by atoms with Crippen molar-refractivity contribution in [2.24, 2.45) is 10.9 Å². The summed E-state index contributed by atoms with van der Waals surface area (Å²) in [4.78, 5) is 19.7. The van der Waals surface area contributed by atoms with Gasteiger partial charge < -0.3 is 20.4 Å². The lowest BCUT2D eigenvalue weighted by atomic mass is 9.80. The highest BCUT2D eigenvalue weighted by molar-refractivity contribution is 8.15. The smallest absolute Gasteiger partial charge is 0.226 e. The van der Waals surface area contributed by atoms with E-state index < -0.39 is 18.2 Å². The molecule has 4 rings (SSSR count).